The molecule has 0 saturated carbocycles. The zero-order chi connectivity index (χ0) is 16.2. The molecule has 1 atom stereocenters. The Bertz CT molecular complexity index is 596. The summed E-state index contributed by atoms with van der Waals surface area (Å²) in [7, 11) is 0. The van der Waals surface area contributed by atoms with Crippen molar-refractivity contribution in [1.82, 2.24) is 4.90 Å². The van der Waals surface area contributed by atoms with Gasteiger partial charge in [0.2, 0.25) is 5.91 Å². The van der Waals surface area contributed by atoms with E-state index in [1.165, 1.54) is 12.3 Å². The van der Waals surface area contributed by atoms with Crippen molar-refractivity contribution in [3.8, 4) is 0 Å². The third-order valence-electron chi connectivity index (χ3n) is 4.99. The van der Waals surface area contributed by atoms with E-state index in [0.29, 0.717) is 18.1 Å². The number of allylic oxidation sites excluding steroid dienone is 2. The number of hydrogen-bond acceptors (Lipinski definition) is 3. The lowest BCUT2D eigenvalue weighted by Gasteiger charge is -2.34. The number of carboxylic acid groups (broad SMARTS) is 1. The van der Waals surface area contributed by atoms with Crippen molar-refractivity contribution in [3.63, 3.8) is 0 Å². The molecule has 0 aromatic carbocycles. The fourth-order valence-electron chi connectivity index (χ4n) is 3.59. The van der Waals surface area contributed by atoms with Gasteiger partial charge in [-0.25, -0.2) is 4.79 Å². The second kappa shape index (κ2) is 7.02. The maximum atomic E-state index is 12.5. The molecule has 1 unspecified atom stereocenters. The number of aromatic carboxylic acids is 1. The lowest BCUT2D eigenvalue weighted by Crippen LogP contribution is -2.42. The van der Waals surface area contributed by atoms with E-state index < -0.39 is 5.97 Å². The lowest BCUT2D eigenvalue weighted by molar-refractivity contribution is -0.137. The van der Waals surface area contributed by atoms with Crippen LogP contribution in [0.3, 0.4) is 0 Å². The molecule has 5 heteroatoms. The maximum absolute atomic E-state index is 12.5. The molecule has 5 nitrogen and oxygen atoms in total. The summed E-state index contributed by atoms with van der Waals surface area (Å²) >= 11 is 0. The molecule has 1 aromatic rings. The van der Waals surface area contributed by atoms with Gasteiger partial charge in [-0.05, 0) is 44.1 Å². The van der Waals surface area contributed by atoms with E-state index in [-0.39, 0.29) is 17.4 Å². The maximum Gasteiger partial charge on any atom is 0.339 e. The first-order valence-corrected chi connectivity index (χ1v) is 8.38. The van der Waals surface area contributed by atoms with Crippen LogP contribution in [0.25, 0.3) is 0 Å². The fraction of sp³-hybridized carbons (Fsp3) is 0.556. The van der Waals surface area contributed by atoms with E-state index in [1.807, 2.05) is 4.90 Å². The van der Waals surface area contributed by atoms with Gasteiger partial charge < -0.3 is 14.4 Å². The van der Waals surface area contributed by atoms with E-state index in [1.54, 1.807) is 0 Å². The van der Waals surface area contributed by atoms with Crippen molar-refractivity contribution in [2.24, 2.45) is 11.8 Å². The molecule has 1 saturated heterocycles. The smallest absolute Gasteiger partial charge is 0.339 e. The van der Waals surface area contributed by atoms with Crippen molar-refractivity contribution in [2.45, 2.75) is 38.5 Å². The highest BCUT2D eigenvalue weighted by Gasteiger charge is 2.29. The van der Waals surface area contributed by atoms with Crippen LogP contribution in [-0.4, -0.2) is 35.0 Å². The number of nitrogens with zero attached hydrogens (tertiary/aromatic N) is 1. The van der Waals surface area contributed by atoms with Gasteiger partial charge in [-0.1, -0.05) is 12.2 Å². The first-order chi connectivity index (χ1) is 11.1. The zero-order valence-electron chi connectivity index (χ0n) is 13.2. The molecule has 3 rings (SSSR count). The predicted octanol–water partition coefficient (Wildman–Crippen LogP) is 3.12. The number of carboxylic acids is 1. The highest BCUT2D eigenvalue weighted by Crippen LogP contribution is 2.27. The fourth-order valence-corrected chi connectivity index (χ4v) is 3.59. The number of amides is 1. The summed E-state index contributed by atoms with van der Waals surface area (Å²) in [5.74, 6) is 0.443. The van der Waals surface area contributed by atoms with Gasteiger partial charge in [0, 0.05) is 25.4 Å². The van der Waals surface area contributed by atoms with Crippen molar-refractivity contribution >= 4 is 11.9 Å². The largest absolute Gasteiger partial charge is 0.478 e. The van der Waals surface area contributed by atoms with E-state index in [9.17, 15) is 9.59 Å². The van der Waals surface area contributed by atoms with Gasteiger partial charge in [0.25, 0.3) is 0 Å². The number of rotatable bonds is 4. The minimum Gasteiger partial charge on any atom is -0.478 e. The predicted molar refractivity (Wildman–Crippen MR) is 85.2 cm³/mol. The summed E-state index contributed by atoms with van der Waals surface area (Å²) in [6, 6.07) is 1.51. The van der Waals surface area contributed by atoms with Crippen LogP contribution in [0.5, 0.6) is 0 Å². The van der Waals surface area contributed by atoms with Crippen LogP contribution in [0, 0.1) is 11.8 Å². The molecule has 0 radical (unpaired) electrons. The monoisotopic (exact) mass is 317 g/mol. The van der Waals surface area contributed by atoms with Crippen LogP contribution < -0.4 is 0 Å². The van der Waals surface area contributed by atoms with Gasteiger partial charge in [0.15, 0.2) is 0 Å². The summed E-state index contributed by atoms with van der Waals surface area (Å²) in [5, 5.41) is 9.12. The van der Waals surface area contributed by atoms with Crippen LogP contribution in [0.1, 0.15) is 48.2 Å². The van der Waals surface area contributed by atoms with Gasteiger partial charge in [0.1, 0.15) is 11.3 Å². The van der Waals surface area contributed by atoms with Crippen LogP contribution in [0.2, 0.25) is 0 Å². The Morgan fingerprint density at radius 3 is 2.65 bits per heavy atom. The highest BCUT2D eigenvalue weighted by atomic mass is 16.4. The molecule has 1 fully saturated rings. The first kappa shape index (κ1) is 15.8. The van der Waals surface area contributed by atoms with Gasteiger partial charge >= 0.3 is 5.97 Å². The molecule has 124 valence electrons. The average molecular weight is 317 g/mol. The second-order valence-electron chi connectivity index (χ2n) is 6.52. The molecule has 0 spiro atoms. The molecule has 1 aromatic heterocycles. The number of hydrogen-bond donors (Lipinski definition) is 1. The first-order valence-electron chi connectivity index (χ1n) is 8.38. The second-order valence-corrected chi connectivity index (χ2v) is 6.52. The standard InChI is InChI=1S/C18H23NO4/c20-17(14-4-2-1-3-5-14)19-9-6-13(7-10-19)12-16-15(18(21)22)8-11-23-16/h1-2,8,11,13-14H,3-7,9-10,12H2,(H,21,22). The quantitative estimate of drug-likeness (QED) is 0.866. The Balaban J connectivity index is 1.52. The Morgan fingerprint density at radius 1 is 1.22 bits per heavy atom. The number of carbonyl (C=O) groups excluding carboxylic acids is 1. The minimum absolute atomic E-state index is 0.153. The molecule has 1 amide bonds. The Kier molecular flexibility index (Phi) is 4.84. The Labute approximate surface area is 136 Å². The van der Waals surface area contributed by atoms with Gasteiger partial charge in [-0.2, -0.15) is 0 Å². The molecular formula is C18H23NO4. The zero-order valence-corrected chi connectivity index (χ0v) is 13.2. The van der Waals surface area contributed by atoms with E-state index >= 15 is 0 Å². The Morgan fingerprint density at radius 2 is 2.00 bits per heavy atom. The van der Waals surface area contributed by atoms with E-state index in [0.717, 1.165) is 45.2 Å². The molecule has 23 heavy (non-hydrogen) atoms. The highest BCUT2D eigenvalue weighted by molar-refractivity contribution is 5.88. The normalized spacial score (nSPS) is 22.3. The van der Waals surface area contributed by atoms with E-state index in [2.05, 4.69) is 12.2 Å². The number of piperidine rings is 1. The molecule has 0 bridgehead atoms. The molecular weight excluding hydrogens is 294 g/mol. The number of carbonyl (C=O) groups is 2. The van der Waals surface area contributed by atoms with Gasteiger partial charge in [-0.3, -0.25) is 4.79 Å². The van der Waals surface area contributed by atoms with E-state index in [4.69, 9.17) is 9.52 Å². The molecule has 1 aliphatic carbocycles. The summed E-state index contributed by atoms with van der Waals surface area (Å²) in [4.78, 5) is 25.6. The summed E-state index contributed by atoms with van der Waals surface area (Å²) in [6.45, 7) is 1.54. The molecule has 1 N–H and O–H groups in total. The summed E-state index contributed by atoms with van der Waals surface area (Å²) < 4.78 is 5.33. The molecule has 2 aliphatic rings. The average Bonchev–Trinajstić information content (AvgIpc) is 3.04. The SMILES string of the molecule is O=C(O)c1ccoc1CC1CCN(C(=O)C2CC=CCC2)CC1. The van der Waals surface area contributed by atoms with Crippen molar-refractivity contribution in [3.05, 3.63) is 35.8 Å². The molecule has 1 aliphatic heterocycles. The van der Waals surface area contributed by atoms with Crippen LogP contribution >= 0.6 is 0 Å². The third kappa shape index (κ3) is 3.66. The van der Waals surface area contributed by atoms with Crippen LogP contribution in [0.4, 0.5) is 0 Å². The van der Waals surface area contributed by atoms with Gasteiger partial charge in [0.05, 0.1) is 6.26 Å². The van der Waals surface area contributed by atoms with Crippen LogP contribution in [-0.2, 0) is 11.2 Å². The summed E-state index contributed by atoms with van der Waals surface area (Å²) in [6.07, 6.45) is 11.0. The number of furan rings is 1. The third-order valence-corrected chi connectivity index (χ3v) is 4.99. The minimum atomic E-state index is -0.938. The number of likely N-dealkylation sites (tertiary alicyclic amines) is 1. The Hall–Kier alpha value is -2.04. The van der Waals surface area contributed by atoms with Crippen molar-refractivity contribution in [2.75, 3.05) is 13.1 Å². The van der Waals surface area contributed by atoms with Crippen molar-refractivity contribution in [1.29, 1.82) is 0 Å². The van der Waals surface area contributed by atoms with Crippen molar-refractivity contribution < 1.29 is 19.1 Å². The van der Waals surface area contributed by atoms with Gasteiger partial charge in [-0.15, -0.1) is 0 Å². The lowest BCUT2D eigenvalue weighted by atomic mass is 9.89. The molecule has 2 heterocycles. The van der Waals surface area contributed by atoms with Crippen LogP contribution in [0.15, 0.2) is 28.9 Å². The summed E-state index contributed by atoms with van der Waals surface area (Å²) in [5.41, 5.74) is 0.262. The topological polar surface area (TPSA) is 70.8 Å².